The van der Waals surface area contributed by atoms with E-state index in [1.807, 2.05) is 0 Å². The third-order valence-electron chi connectivity index (χ3n) is 2.26. The van der Waals surface area contributed by atoms with Gasteiger partial charge in [0.25, 0.3) is 5.69 Å². The number of ketones is 1. The number of benzene rings is 1. The summed E-state index contributed by atoms with van der Waals surface area (Å²) in [7, 11) is 0. The molecule has 98 valence electrons. The first kappa shape index (κ1) is 13.6. The summed E-state index contributed by atoms with van der Waals surface area (Å²) < 4.78 is 4.79. The normalized spacial score (nSPS) is 10.4. The van der Waals surface area contributed by atoms with E-state index in [2.05, 4.69) is 9.36 Å². The number of aryl methyl sites for hydroxylation is 1. The minimum atomic E-state index is -0.555. The quantitative estimate of drug-likeness (QED) is 0.489. The fraction of sp³-hybridized carbons (Fsp3) is 0.182. The van der Waals surface area contributed by atoms with E-state index in [9.17, 15) is 14.9 Å². The minimum Gasteiger partial charge on any atom is -0.294 e. The summed E-state index contributed by atoms with van der Waals surface area (Å²) in [6.45, 7) is 3.10. The second-order valence-electron chi connectivity index (χ2n) is 3.70. The van der Waals surface area contributed by atoms with Crippen LogP contribution in [0, 0.1) is 17.0 Å². The number of nitro groups is 1. The highest BCUT2D eigenvalue weighted by atomic mass is 32.2. The zero-order chi connectivity index (χ0) is 14.0. The molecular formula is C11H9N3O3S2. The predicted molar refractivity (Wildman–Crippen MR) is 71.9 cm³/mol. The molecule has 6 nitrogen and oxygen atoms in total. The molecule has 1 heterocycles. The molecule has 0 saturated carbocycles. The zero-order valence-electron chi connectivity index (χ0n) is 10.1. The molecule has 0 radical (unpaired) electrons. The summed E-state index contributed by atoms with van der Waals surface area (Å²) in [6, 6.07) is 4.46. The van der Waals surface area contributed by atoms with Crippen LogP contribution in [0.5, 0.6) is 0 Å². The van der Waals surface area contributed by atoms with Gasteiger partial charge in [0.1, 0.15) is 5.82 Å². The summed E-state index contributed by atoms with van der Waals surface area (Å²) >= 11 is 2.58. The Morgan fingerprint density at radius 2 is 2.21 bits per heavy atom. The fourth-order valence-corrected chi connectivity index (χ4v) is 3.11. The SMILES string of the molecule is CC(=O)c1cc(Sc2nc(C)ns2)ccc1[N+](=O)[O-]. The van der Waals surface area contributed by atoms with Crippen LogP contribution in [0.2, 0.25) is 0 Å². The first-order valence-corrected chi connectivity index (χ1v) is 6.84. The molecule has 0 fully saturated rings. The van der Waals surface area contributed by atoms with Gasteiger partial charge in [-0.25, -0.2) is 4.98 Å². The third-order valence-corrected chi connectivity index (χ3v) is 4.09. The highest BCUT2D eigenvalue weighted by Crippen LogP contribution is 2.32. The molecule has 1 aromatic heterocycles. The van der Waals surface area contributed by atoms with Gasteiger partial charge in [-0.3, -0.25) is 14.9 Å². The largest absolute Gasteiger partial charge is 0.294 e. The summed E-state index contributed by atoms with van der Waals surface area (Å²) in [6.07, 6.45) is 0. The Morgan fingerprint density at radius 3 is 2.74 bits per heavy atom. The number of hydrogen-bond donors (Lipinski definition) is 0. The smallest absolute Gasteiger partial charge is 0.280 e. The average molecular weight is 295 g/mol. The average Bonchev–Trinajstić information content (AvgIpc) is 2.74. The van der Waals surface area contributed by atoms with Crippen LogP contribution in [0.3, 0.4) is 0 Å². The molecule has 0 aliphatic carbocycles. The topological polar surface area (TPSA) is 86.0 Å². The van der Waals surface area contributed by atoms with Crippen molar-refractivity contribution in [1.29, 1.82) is 0 Å². The first-order valence-electron chi connectivity index (χ1n) is 5.25. The third kappa shape index (κ3) is 3.15. The van der Waals surface area contributed by atoms with Crippen LogP contribution < -0.4 is 0 Å². The van der Waals surface area contributed by atoms with Crippen LogP contribution in [0.15, 0.2) is 27.4 Å². The molecular weight excluding hydrogens is 286 g/mol. The van der Waals surface area contributed by atoms with E-state index >= 15 is 0 Å². The number of rotatable bonds is 4. The Hall–Kier alpha value is -1.80. The van der Waals surface area contributed by atoms with E-state index in [-0.39, 0.29) is 17.0 Å². The number of carbonyl (C=O) groups excluding carboxylic acids is 1. The lowest BCUT2D eigenvalue weighted by Crippen LogP contribution is -2.00. The van der Waals surface area contributed by atoms with Crippen molar-refractivity contribution in [2.75, 3.05) is 0 Å². The lowest BCUT2D eigenvalue weighted by molar-refractivity contribution is -0.385. The van der Waals surface area contributed by atoms with Crippen molar-refractivity contribution < 1.29 is 9.72 Å². The van der Waals surface area contributed by atoms with Gasteiger partial charge in [-0.05, 0) is 37.5 Å². The Balaban J connectivity index is 2.35. The summed E-state index contributed by atoms with van der Waals surface area (Å²) in [4.78, 5) is 26.6. The molecule has 0 atom stereocenters. The van der Waals surface area contributed by atoms with Crippen molar-refractivity contribution in [3.05, 3.63) is 39.7 Å². The summed E-state index contributed by atoms with van der Waals surface area (Å²) in [5.74, 6) is 0.351. The maximum absolute atomic E-state index is 11.4. The molecule has 2 rings (SSSR count). The van der Waals surface area contributed by atoms with Gasteiger partial charge in [0, 0.05) is 11.0 Å². The Bertz CT molecular complexity index is 654. The van der Waals surface area contributed by atoms with Gasteiger partial charge in [-0.1, -0.05) is 11.8 Å². The van der Waals surface area contributed by atoms with Crippen molar-refractivity contribution in [2.45, 2.75) is 23.1 Å². The number of carbonyl (C=O) groups is 1. The predicted octanol–water partition coefficient (Wildman–Crippen LogP) is 3.11. The monoisotopic (exact) mass is 295 g/mol. The Morgan fingerprint density at radius 1 is 1.47 bits per heavy atom. The number of nitrogens with zero attached hydrogens (tertiary/aromatic N) is 3. The van der Waals surface area contributed by atoms with Gasteiger partial charge in [-0.2, -0.15) is 4.37 Å². The molecule has 0 saturated heterocycles. The lowest BCUT2D eigenvalue weighted by atomic mass is 10.1. The molecule has 1 aromatic carbocycles. The zero-order valence-corrected chi connectivity index (χ0v) is 11.7. The maximum atomic E-state index is 11.4. The molecule has 0 amide bonds. The highest BCUT2D eigenvalue weighted by Gasteiger charge is 2.18. The van der Waals surface area contributed by atoms with Gasteiger partial charge in [0.15, 0.2) is 10.1 Å². The van der Waals surface area contributed by atoms with Gasteiger partial charge >= 0.3 is 0 Å². The van der Waals surface area contributed by atoms with Crippen LogP contribution in [0.4, 0.5) is 5.69 Å². The van der Waals surface area contributed by atoms with E-state index in [1.165, 1.54) is 42.4 Å². The fourth-order valence-electron chi connectivity index (χ4n) is 1.44. The second kappa shape index (κ2) is 5.45. The number of nitro benzene ring substituents is 1. The van der Waals surface area contributed by atoms with Crippen molar-refractivity contribution in [2.24, 2.45) is 0 Å². The van der Waals surface area contributed by atoms with Gasteiger partial charge in [-0.15, -0.1) is 0 Å². The highest BCUT2D eigenvalue weighted by molar-refractivity contribution is 8.01. The van der Waals surface area contributed by atoms with Crippen molar-refractivity contribution in [1.82, 2.24) is 9.36 Å². The standard InChI is InChI=1S/C11H9N3O3S2/c1-6(15)9-5-8(3-4-10(9)14(16)17)18-11-12-7(2)13-19-11/h3-5H,1-2H3. The Labute approximate surface area is 117 Å². The van der Waals surface area contributed by atoms with Crippen LogP contribution in [0.1, 0.15) is 23.1 Å². The van der Waals surface area contributed by atoms with Crippen molar-refractivity contribution >= 4 is 34.8 Å². The van der Waals surface area contributed by atoms with Crippen molar-refractivity contribution in [3.63, 3.8) is 0 Å². The van der Waals surface area contributed by atoms with Crippen LogP contribution in [-0.4, -0.2) is 20.1 Å². The molecule has 0 aliphatic rings. The van der Waals surface area contributed by atoms with E-state index in [4.69, 9.17) is 0 Å². The molecule has 2 aromatic rings. The molecule has 8 heteroatoms. The summed E-state index contributed by atoms with van der Waals surface area (Å²) in [5, 5.41) is 10.8. The van der Waals surface area contributed by atoms with E-state index in [0.29, 0.717) is 5.82 Å². The second-order valence-corrected chi connectivity index (χ2v) is 5.77. The van der Waals surface area contributed by atoms with Crippen LogP contribution in [-0.2, 0) is 0 Å². The number of Topliss-reactive ketones (excluding diaryl/α,β-unsaturated/α-hetero) is 1. The first-order chi connectivity index (χ1) is 8.97. The molecule has 0 aliphatic heterocycles. The Kier molecular flexibility index (Phi) is 3.91. The molecule has 0 unspecified atom stereocenters. The molecule has 0 N–H and O–H groups in total. The van der Waals surface area contributed by atoms with Crippen LogP contribution >= 0.6 is 23.3 Å². The molecule has 0 spiro atoms. The van der Waals surface area contributed by atoms with Gasteiger partial charge < -0.3 is 0 Å². The van der Waals surface area contributed by atoms with Crippen LogP contribution in [0.25, 0.3) is 0 Å². The molecule has 0 bridgehead atoms. The van der Waals surface area contributed by atoms with E-state index in [1.54, 1.807) is 13.0 Å². The van der Waals surface area contributed by atoms with Crippen molar-refractivity contribution in [3.8, 4) is 0 Å². The number of aromatic nitrogens is 2. The van der Waals surface area contributed by atoms with Gasteiger partial charge in [0.2, 0.25) is 0 Å². The summed E-state index contributed by atoms with van der Waals surface area (Å²) in [5.41, 5.74) is -0.0680. The van der Waals surface area contributed by atoms with Gasteiger partial charge in [0.05, 0.1) is 10.5 Å². The number of hydrogen-bond acceptors (Lipinski definition) is 7. The van der Waals surface area contributed by atoms with E-state index in [0.717, 1.165) is 9.24 Å². The van der Waals surface area contributed by atoms with E-state index < -0.39 is 4.92 Å². The lowest BCUT2D eigenvalue weighted by Gasteiger charge is -2.02. The maximum Gasteiger partial charge on any atom is 0.280 e. The molecule has 19 heavy (non-hydrogen) atoms. The minimum absolute atomic E-state index is 0.108.